The van der Waals surface area contributed by atoms with Crippen LogP contribution in [0.25, 0.3) is 4.96 Å². The van der Waals surface area contributed by atoms with Gasteiger partial charge in [-0.05, 0) is 31.6 Å². The Labute approximate surface area is 128 Å². The summed E-state index contributed by atoms with van der Waals surface area (Å²) in [5.41, 5.74) is 1.22. The van der Waals surface area contributed by atoms with Crippen molar-refractivity contribution in [2.24, 2.45) is 5.92 Å². The standard InChI is InChI=1S/C15H22N4OS/c1-18(8-10-6-12(20)7-10)15-17-19-9-13(16-14(19)21-15)11-4-2-3-5-11/h9-12,20H,2-8H2,1H3. The largest absolute Gasteiger partial charge is 0.393 e. The van der Waals surface area contributed by atoms with Gasteiger partial charge in [0.05, 0.1) is 18.0 Å². The molecule has 6 heteroatoms. The van der Waals surface area contributed by atoms with E-state index in [2.05, 4.69) is 23.2 Å². The lowest BCUT2D eigenvalue weighted by molar-refractivity contribution is 0.0464. The molecule has 5 nitrogen and oxygen atoms in total. The zero-order chi connectivity index (χ0) is 14.4. The van der Waals surface area contributed by atoms with Crippen molar-refractivity contribution in [3.05, 3.63) is 11.9 Å². The number of hydrogen-bond acceptors (Lipinski definition) is 5. The number of nitrogens with zero attached hydrogens (tertiary/aromatic N) is 4. The van der Waals surface area contributed by atoms with E-state index in [-0.39, 0.29) is 6.10 Å². The van der Waals surface area contributed by atoms with Crippen LogP contribution < -0.4 is 4.90 Å². The van der Waals surface area contributed by atoms with E-state index in [4.69, 9.17) is 4.98 Å². The molecule has 0 radical (unpaired) electrons. The molecule has 2 aromatic heterocycles. The minimum absolute atomic E-state index is 0.0778. The highest BCUT2D eigenvalue weighted by Gasteiger charge is 2.29. The van der Waals surface area contributed by atoms with Gasteiger partial charge in [-0.1, -0.05) is 24.2 Å². The lowest BCUT2D eigenvalue weighted by Gasteiger charge is -2.34. The fourth-order valence-electron chi connectivity index (χ4n) is 3.59. The second-order valence-electron chi connectivity index (χ2n) is 6.63. The van der Waals surface area contributed by atoms with Gasteiger partial charge >= 0.3 is 0 Å². The SMILES string of the molecule is CN(CC1CC(O)C1)c1nn2cc(C3CCCC3)nc2s1. The topological polar surface area (TPSA) is 53.7 Å². The van der Waals surface area contributed by atoms with Gasteiger partial charge in [0.15, 0.2) is 0 Å². The molecule has 2 aromatic rings. The van der Waals surface area contributed by atoms with Crippen molar-refractivity contribution < 1.29 is 5.11 Å². The second kappa shape index (κ2) is 5.25. The van der Waals surface area contributed by atoms with Gasteiger partial charge in [-0.2, -0.15) is 0 Å². The van der Waals surface area contributed by atoms with E-state index in [0.717, 1.165) is 29.5 Å². The first kappa shape index (κ1) is 13.5. The third kappa shape index (κ3) is 2.55. The minimum Gasteiger partial charge on any atom is -0.393 e. The number of hydrogen-bond donors (Lipinski definition) is 1. The molecule has 114 valence electrons. The first-order chi connectivity index (χ1) is 10.2. The quantitative estimate of drug-likeness (QED) is 0.943. The molecule has 2 aliphatic carbocycles. The highest BCUT2D eigenvalue weighted by molar-refractivity contribution is 7.20. The van der Waals surface area contributed by atoms with Gasteiger partial charge in [-0.3, -0.25) is 0 Å². The molecular formula is C15H22N4OS. The first-order valence-electron chi connectivity index (χ1n) is 7.94. The predicted octanol–water partition coefficient (Wildman–Crippen LogP) is 2.66. The molecule has 2 fully saturated rings. The van der Waals surface area contributed by atoms with Gasteiger partial charge in [0.25, 0.3) is 0 Å². The molecule has 0 saturated heterocycles. The Morgan fingerprint density at radius 2 is 2.14 bits per heavy atom. The molecular weight excluding hydrogens is 284 g/mol. The molecule has 0 amide bonds. The summed E-state index contributed by atoms with van der Waals surface area (Å²) in [5, 5.41) is 15.1. The summed E-state index contributed by atoms with van der Waals surface area (Å²) >= 11 is 1.67. The van der Waals surface area contributed by atoms with Crippen LogP contribution in [0.1, 0.15) is 50.1 Å². The summed E-state index contributed by atoms with van der Waals surface area (Å²) in [5.74, 6) is 1.26. The average Bonchev–Trinajstić information content (AvgIpc) is 3.11. The molecule has 2 aliphatic rings. The maximum absolute atomic E-state index is 9.37. The van der Waals surface area contributed by atoms with Crippen molar-refractivity contribution in [1.82, 2.24) is 14.6 Å². The number of aliphatic hydroxyl groups is 1. The van der Waals surface area contributed by atoms with E-state index in [0.29, 0.717) is 11.8 Å². The molecule has 2 saturated carbocycles. The molecule has 0 unspecified atom stereocenters. The van der Waals surface area contributed by atoms with Crippen molar-refractivity contribution in [3.8, 4) is 0 Å². The summed E-state index contributed by atoms with van der Waals surface area (Å²) in [6, 6.07) is 0. The van der Waals surface area contributed by atoms with E-state index < -0.39 is 0 Å². The van der Waals surface area contributed by atoms with Gasteiger partial charge < -0.3 is 10.0 Å². The summed E-state index contributed by atoms with van der Waals surface area (Å²) in [6.45, 7) is 0.975. The number of fused-ring (bicyclic) bond motifs is 1. The van der Waals surface area contributed by atoms with Crippen LogP contribution >= 0.6 is 11.3 Å². The molecule has 4 rings (SSSR count). The van der Waals surface area contributed by atoms with E-state index in [1.165, 1.54) is 31.4 Å². The van der Waals surface area contributed by atoms with E-state index in [1.807, 2.05) is 4.52 Å². The van der Waals surface area contributed by atoms with Crippen LogP contribution in [0.5, 0.6) is 0 Å². The third-order valence-corrected chi connectivity index (χ3v) is 5.93. The normalized spacial score (nSPS) is 26.4. The molecule has 21 heavy (non-hydrogen) atoms. The number of aromatic nitrogens is 3. The van der Waals surface area contributed by atoms with Crippen LogP contribution in [0.3, 0.4) is 0 Å². The van der Waals surface area contributed by atoms with Gasteiger partial charge in [-0.15, -0.1) is 5.10 Å². The van der Waals surface area contributed by atoms with Crippen molar-refractivity contribution >= 4 is 21.4 Å². The maximum atomic E-state index is 9.37. The van der Waals surface area contributed by atoms with Gasteiger partial charge in [0.2, 0.25) is 10.1 Å². The van der Waals surface area contributed by atoms with Crippen LogP contribution in [0, 0.1) is 5.92 Å². The van der Waals surface area contributed by atoms with E-state index >= 15 is 0 Å². The number of rotatable bonds is 4. The maximum Gasteiger partial charge on any atom is 0.214 e. The second-order valence-corrected chi connectivity index (χ2v) is 7.57. The van der Waals surface area contributed by atoms with Crippen molar-refractivity contribution in [3.63, 3.8) is 0 Å². The molecule has 2 heterocycles. The van der Waals surface area contributed by atoms with Gasteiger partial charge in [-0.25, -0.2) is 9.50 Å². The summed E-state index contributed by atoms with van der Waals surface area (Å²) < 4.78 is 1.94. The number of anilines is 1. The van der Waals surface area contributed by atoms with Crippen molar-refractivity contribution in [1.29, 1.82) is 0 Å². The molecule has 0 aromatic carbocycles. The fourth-order valence-corrected chi connectivity index (χ4v) is 4.45. The van der Waals surface area contributed by atoms with Gasteiger partial charge in [0, 0.05) is 19.5 Å². The molecule has 0 spiro atoms. The Morgan fingerprint density at radius 3 is 2.81 bits per heavy atom. The zero-order valence-electron chi connectivity index (χ0n) is 12.4. The summed E-state index contributed by atoms with van der Waals surface area (Å²) in [4.78, 5) is 7.98. The Morgan fingerprint density at radius 1 is 1.38 bits per heavy atom. The Balaban J connectivity index is 1.47. The zero-order valence-corrected chi connectivity index (χ0v) is 13.2. The average molecular weight is 306 g/mol. The van der Waals surface area contributed by atoms with Crippen molar-refractivity contribution in [2.45, 2.75) is 50.5 Å². The van der Waals surface area contributed by atoms with Crippen LogP contribution in [-0.2, 0) is 0 Å². The Hall–Kier alpha value is -1.14. The Kier molecular flexibility index (Phi) is 3.38. The smallest absolute Gasteiger partial charge is 0.214 e. The van der Waals surface area contributed by atoms with Crippen LogP contribution in [0.15, 0.2) is 6.20 Å². The minimum atomic E-state index is -0.0778. The highest BCUT2D eigenvalue weighted by atomic mass is 32.1. The lowest BCUT2D eigenvalue weighted by atomic mass is 9.82. The number of imidazole rings is 1. The highest BCUT2D eigenvalue weighted by Crippen LogP contribution is 2.35. The summed E-state index contributed by atoms with van der Waals surface area (Å²) in [6.07, 6.45) is 9.13. The summed E-state index contributed by atoms with van der Waals surface area (Å²) in [7, 11) is 2.08. The first-order valence-corrected chi connectivity index (χ1v) is 8.76. The molecule has 0 atom stereocenters. The van der Waals surface area contributed by atoms with E-state index in [9.17, 15) is 5.11 Å². The van der Waals surface area contributed by atoms with Crippen LogP contribution in [0.4, 0.5) is 5.13 Å². The van der Waals surface area contributed by atoms with Gasteiger partial charge in [0.1, 0.15) is 0 Å². The monoisotopic (exact) mass is 306 g/mol. The molecule has 0 aliphatic heterocycles. The van der Waals surface area contributed by atoms with Crippen LogP contribution in [0.2, 0.25) is 0 Å². The van der Waals surface area contributed by atoms with Crippen molar-refractivity contribution in [2.75, 3.05) is 18.5 Å². The number of aliphatic hydroxyl groups excluding tert-OH is 1. The third-order valence-electron chi connectivity index (χ3n) is 4.89. The Bertz CT molecular complexity index is 593. The fraction of sp³-hybridized carbons (Fsp3) is 0.733. The predicted molar refractivity (Wildman–Crippen MR) is 84.1 cm³/mol. The lowest BCUT2D eigenvalue weighted by Crippen LogP contribution is -2.37. The molecule has 1 N–H and O–H groups in total. The van der Waals surface area contributed by atoms with Crippen LogP contribution in [-0.4, -0.2) is 39.4 Å². The van der Waals surface area contributed by atoms with E-state index in [1.54, 1.807) is 11.3 Å². The molecule has 0 bridgehead atoms.